The fraction of sp³-hybridized carbons (Fsp3) is 0.571. The Labute approximate surface area is 221 Å². The van der Waals surface area contributed by atoms with E-state index in [0.29, 0.717) is 37.5 Å². The normalized spacial score (nSPS) is 12.3. The molecule has 10 heteroatoms. The summed E-state index contributed by atoms with van der Waals surface area (Å²) in [5, 5.41) is 9.23. The first-order chi connectivity index (χ1) is 18.1. The largest absolute Gasteiger partial charge is 0.494 e. The lowest BCUT2D eigenvalue weighted by molar-refractivity contribution is -0.160. The topological polar surface area (TPSA) is 87.0 Å². The Balaban J connectivity index is 1.95. The minimum absolute atomic E-state index is 0.242. The van der Waals surface area contributed by atoms with Crippen LogP contribution in [0.5, 0.6) is 5.75 Å². The number of carbonyl (C=O) groups is 2. The zero-order valence-corrected chi connectivity index (χ0v) is 22.1. The van der Waals surface area contributed by atoms with Crippen LogP contribution in [0.4, 0.5) is 18.0 Å². The third-order valence-electron chi connectivity index (χ3n) is 6.01. The molecule has 0 aliphatic heterocycles. The van der Waals surface area contributed by atoms with Gasteiger partial charge in [0.15, 0.2) is 12.7 Å². The molecule has 0 radical (unpaired) electrons. The van der Waals surface area contributed by atoms with Crippen molar-refractivity contribution < 1.29 is 42.1 Å². The highest BCUT2D eigenvalue weighted by Crippen LogP contribution is 2.21. The third-order valence-corrected chi connectivity index (χ3v) is 6.01. The number of carboxylic acid groups (broad SMARTS) is 1. The van der Waals surface area contributed by atoms with Gasteiger partial charge in [-0.2, -0.15) is 13.2 Å². The first kappa shape index (κ1) is 31.2. The van der Waals surface area contributed by atoms with Crippen LogP contribution >= 0.6 is 0 Å². The maximum Gasteiger partial charge on any atom is 0.422 e. The molecule has 0 aliphatic carbocycles. The van der Waals surface area contributed by atoms with Gasteiger partial charge in [0.05, 0.1) is 6.61 Å². The maximum atomic E-state index is 12.5. The zero-order valence-electron chi connectivity index (χ0n) is 22.1. The molecule has 2 rings (SSSR count). The van der Waals surface area contributed by atoms with Crippen molar-refractivity contribution in [3.8, 4) is 5.75 Å². The number of aliphatic carboxylic acids is 1. The Morgan fingerprint density at radius 3 is 2.32 bits per heavy atom. The lowest BCUT2D eigenvalue weighted by atomic mass is 10.0. The van der Waals surface area contributed by atoms with E-state index in [1.807, 2.05) is 0 Å². The van der Waals surface area contributed by atoms with Gasteiger partial charge in [-0.3, -0.25) is 4.57 Å². The lowest BCUT2D eigenvalue weighted by Gasteiger charge is -2.14. The number of halogens is 3. The van der Waals surface area contributed by atoms with Crippen molar-refractivity contribution in [2.75, 3.05) is 19.8 Å². The number of aromatic nitrogens is 1. The number of unbranched alkanes of at least 4 members (excludes halogenated alkanes) is 4. The van der Waals surface area contributed by atoms with Crippen molar-refractivity contribution in [1.82, 2.24) is 4.57 Å². The summed E-state index contributed by atoms with van der Waals surface area (Å²) < 4.78 is 54.3. The van der Waals surface area contributed by atoms with Crippen molar-refractivity contribution in [1.29, 1.82) is 0 Å². The molecule has 0 amide bonds. The molecule has 38 heavy (non-hydrogen) atoms. The summed E-state index contributed by atoms with van der Waals surface area (Å²) in [5.74, 6) is -0.410. The number of benzene rings is 1. The third kappa shape index (κ3) is 11.2. The molecule has 1 unspecified atom stereocenters. The molecule has 0 bridgehead atoms. The predicted octanol–water partition coefficient (Wildman–Crippen LogP) is 6.59. The van der Waals surface area contributed by atoms with Crippen LogP contribution in [0.3, 0.4) is 0 Å². The molecule has 212 valence electrons. The summed E-state index contributed by atoms with van der Waals surface area (Å²) >= 11 is 0. The number of carboxylic acids is 1. The van der Waals surface area contributed by atoms with Crippen LogP contribution in [0.15, 0.2) is 36.5 Å². The Kier molecular flexibility index (Phi) is 13.2. The molecule has 1 atom stereocenters. The fourth-order valence-corrected chi connectivity index (χ4v) is 4.10. The minimum Gasteiger partial charge on any atom is -0.494 e. The first-order valence-electron chi connectivity index (χ1n) is 13.1. The quantitative estimate of drug-likeness (QED) is 0.227. The minimum atomic E-state index is -4.59. The van der Waals surface area contributed by atoms with Crippen molar-refractivity contribution in [2.24, 2.45) is 0 Å². The smallest absolute Gasteiger partial charge is 0.422 e. The van der Waals surface area contributed by atoms with Crippen molar-refractivity contribution >= 4 is 12.1 Å². The van der Waals surface area contributed by atoms with Gasteiger partial charge in [0.2, 0.25) is 0 Å². The van der Waals surface area contributed by atoms with E-state index in [9.17, 15) is 27.9 Å². The van der Waals surface area contributed by atoms with E-state index in [2.05, 4.69) is 11.7 Å². The van der Waals surface area contributed by atoms with E-state index in [0.717, 1.165) is 49.7 Å². The number of alkyl halides is 3. The summed E-state index contributed by atoms with van der Waals surface area (Å²) in [4.78, 5) is 23.6. The van der Waals surface area contributed by atoms with Gasteiger partial charge >= 0.3 is 18.2 Å². The highest BCUT2D eigenvalue weighted by Gasteiger charge is 2.30. The Bertz CT molecular complexity index is 987. The molecule has 0 saturated carbocycles. The van der Waals surface area contributed by atoms with Crippen LogP contribution in [0.25, 0.3) is 0 Å². The zero-order chi connectivity index (χ0) is 28.0. The second-order valence-corrected chi connectivity index (χ2v) is 9.07. The summed E-state index contributed by atoms with van der Waals surface area (Å²) in [5.41, 5.74) is 2.37. The molecule has 1 heterocycles. The highest BCUT2D eigenvalue weighted by atomic mass is 19.4. The maximum absolute atomic E-state index is 12.5. The molecule has 0 saturated heterocycles. The van der Waals surface area contributed by atoms with E-state index in [-0.39, 0.29) is 6.42 Å². The van der Waals surface area contributed by atoms with Gasteiger partial charge in [0, 0.05) is 24.9 Å². The summed E-state index contributed by atoms with van der Waals surface area (Å²) in [6.07, 6.45) is 2.27. The van der Waals surface area contributed by atoms with Crippen LogP contribution in [0.1, 0.15) is 69.2 Å². The van der Waals surface area contributed by atoms with E-state index in [1.54, 1.807) is 37.3 Å². The molecular weight excluding hydrogens is 503 g/mol. The molecule has 0 fully saturated rings. The van der Waals surface area contributed by atoms with Crippen molar-refractivity contribution in [3.05, 3.63) is 53.3 Å². The number of ether oxygens (including phenoxy) is 3. The summed E-state index contributed by atoms with van der Waals surface area (Å²) in [6.45, 7) is 2.88. The van der Waals surface area contributed by atoms with E-state index in [1.165, 1.54) is 10.8 Å². The first-order valence-corrected chi connectivity index (χ1v) is 13.1. The standard InChI is InChI=1S/C28H38F3NO6/c1-3-5-6-7-8-10-22-16-17-32(27(35)38-20-28(29,30)31)24(22)11-9-18-37-23-14-12-21(13-15-23)19-25(26(33)34)36-4-2/h12-17,25H,3-11,18-20H2,1-2H3,(H,33,34). The van der Waals surface area contributed by atoms with Gasteiger partial charge in [-0.1, -0.05) is 44.7 Å². The molecule has 0 spiro atoms. The van der Waals surface area contributed by atoms with Crippen molar-refractivity contribution in [3.63, 3.8) is 0 Å². The monoisotopic (exact) mass is 541 g/mol. The molecular formula is C28H38F3NO6. The second kappa shape index (κ2) is 16.1. The van der Waals surface area contributed by atoms with Gasteiger partial charge in [0.1, 0.15) is 5.75 Å². The van der Waals surface area contributed by atoms with E-state index in [4.69, 9.17) is 9.47 Å². The number of aryl methyl sites for hydroxylation is 1. The van der Waals surface area contributed by atoms with Crippen LogP contribution in [-0.2, 0) is 33.5 Å². The van der Waals surface area contributed by atoms with Crippen LogP contribution in [0, 0.1) is 0 Å². The number of carbonyl (C=O) groups excluding carboxylic acids is 1. The summed E-state index contributed by atoms with van der Waals surface area (Å²) in [7, 11) is 0. The molecule has 2 aromatic rings. The van der Waals surface area contributed by atoms with Crippen LogP contribution < -0.4 is 4.74 Å². The summed E-state index contributed by atoms with van der Waals surface area (Å²) in [6, 6.07) is 8.83. The number of hydrogen-bond acceptors (Lipinski definition) is 5. The van der Waals surface area contributed by atoms with Gasteiger partial charge in [-0.15, -0.1) is 0 Å². The Hall–Kier alpha value is -3.01. The van der Waals surface area contributed by atoms with Crippen LogP contribution in [0.2, 0.25) is 0 Å². The number of rotatable bonds is 17. The predicted molar refractivity (Wildman–Crippen MR) is 137 cm³/mol. The lowest BCUT2D eigenvalue weighted by Crippen LogP contribution is -2.26. The highest BCUT2D eigenvalue weighted by molar-refractivity contribution is 5.73. The molecule has 7 nitrogen and oxygen atoms in total. The van der Waals surface area contributed by atoms with E-state index < -0.39 is 30.9 Å². The number of hydrogen-bond donors (Lipinski definition) is 1. The Morgan fingerprint density at radius 2 is 1.68 bits per heavy atom. The van der Waals surface area contributed by atoms with Crippen molar-refractivity contribution in [2.45, 2.75) is 83.9 Å². The molecule has 1 N–H and O–H groups in total. The average Bonchev–Trinajstić information content (AvgIpc) is 3.27. The number of nitrogens with zero attached hydrogens (tertiary/aromatic N) is 1. The van der Waals surface area contributed by atoms with Gasteiger partial charge in [-0.25, -0.2) is 9.59 Å². The van der Waals surface area contributed by atoms with Gasteiger partial charge in [0.25, 0.3) is 0 Å². The SMILES string of the molecule is CCCCCCCc1ccn(C(=O)OCC(F)(F)F)c1CCCOc1ccc(CC(OCC)C(=O)O)cc1. The molecule has 1 aromatic heterocycles. The second-order valence-electron chi connectivity index (χ2n) is 9.07. The average molecular weight is 542 g/mol. The van der Waals surface area contributed by atoms with Gasteiger partial charge < -0.3 is 19.3 Å². The van der Waals surface area contributed by atoms with Crippen LogP contribution in [-0.4, -0.2) is 53.8 Å². The van der Waals surface area contributed by atoms with Gasteiger partial charge in [-0.05, 0) is 61.9 Å². The molecule has 0 aliphatic rings. The molecule has 1 aromatic carbocycles. The Morgan fingerprint density at radius 1 is 0.974 bits per heavy atom. The van der Waals surface area contributed by atoms with E-state index >= 15 is 0 Å². The fourth-order valence-electron chi connectivity index (χ4n) is 4.10.